The van der Waals surface area contributed by atoms with Crippen LogP contribution in [0, 0.1) is 0 Å². The van der Waals surface area contributed by atoms with Crippen LogP contribution in [0.4, 0.5) is 0 Å². The lowest BCUT2D eigenvalue weighted by Gasteiger charge is -2.42. The van der Waals surface area contributed by atoms with Crippen molar-refractivity contribution in [2.24, 2.45) is 0 Å². The van der Waals surface area contributed by atoms with Crippen LogP contribution in [0.5, 0.6) is 0 Å². The monoisotopic (exact) mass is 1050 g/mol. The predicted octanol–water partition coefficient (Wildman–Crippen LogP) is 2.50. The van der Waals surface area contributed by atoms with Gasteiger partial charge in [0.2, 0.25) is 0 Å². The van der Waals surface area contributed by atoms with Crippen molar-refractivity contribution in [1.82, 2.24) is 15.9 Å². The molecular weight excluding hydrogens is 986 g/mol. The summed E-state index contributed by atoms with van der Waals surface area (Å²) in [5, 5.41) is 73.9. The van der Waals surface area contributed by atoms with Crippen LogP contribution in [0.2, 0.25) is 4.24 Å². The number of halogens is 1. The van der Waals surface area contributed by atoms with Gasteiger partial charge in [0.1, 0.15) is 63.3 Å². The van der Waals surface area contributed by atoms with Crippen LogP contribution in [0.1, 0.15) is 6.92 Å². The summed E-state index contributed by atoms with van der Waals surface area (Å²) in [5.74, 6) is 0. The van der Waals surface area contributed by atoms with Gasteiger partial charge >= 0.3 is 0 Å². The van der Waals surface area contributed by atoms with Crippen LogP contribution in [-0.4, -0.2) is 155 Å². The van der Waals surface area contributed by atoms with E-state index in [0.717, 1.165) is 14.7 Å². The van der Waals surface area contributed by atoms with Crippen molar-refractivity contribution in [3.63, 3.8) is 0 Å². The van der Waals surface area contributed by atoms with E-state index in [1.165, 1.54) is 51.2 Å². The Morgan fingerprint density at radius 2 is 0.864 bits per heavy atom. The summed E-state index contributed by atoms with van der Waals surface area (Å²) in [4.78, 5) is 2.96. The minimum atomic E-state index is -1.21. The highest BCUT2D eigenvalue weighted by Gasteiger charge is 2.46. The Kier molecular flexibility index (Phi) is 22.0. The minimum absolute atomic E-state index is 0.313. The summed E-state index contributed by atoms with van der Waals surface area (Å²) >= 11 is 6.44. The van der Waals surface area contributed by atoms with Gasteiger partial charge in [-0.3, -0.25) is 0 Å². The van der Waals surface area contributed by atoms with E-state index in [4.69, 9.17) is 18.4 Å². The maximum absolute atomic E-state index is 10.4. The molecule has 3 aromatic rings. The Bertz CT molecular complexity index is 1620. The maximum Gasteiger partial charge on any atom is 0.126 e. The molecule has 3 aromatic carbocycles. The number of alkyl halides is 1. The number of nitrogens with one attached hydrogen (secondary N) is 3. The molecule has 10 N–H and O–H groups in total. The van der Waals surface area contributed by atoms with E-state index in [1.54, 1.807) is 6.92 Å². The Morgan fingerprint density at radius 1 is 0.542 bits per heavy atom. The van der Waals surface area contributed by atoms with E-state index >= 15 is 0 Å². The first-order chi connectivity index (χ1) is 29.7. The molecule has 3 aliphatic heterocycles. The second kappa shape index (κ2) is 27.5. The third kappa shape index (κ3) is 15.4. The van der Waals surface area contributed by atoms with Crippen molar-refractivity contribution in [3.05, 3.63) is 91.0 Å². The van der Waals surface area contributed by atoms with Crippen molar-refractivity contribution in [2.45, 2.75) is 111 Å². The highest BCUT2D eigenvalue weighted by Crippen LogP contribution is 2.36. The fourth-order valence-corrected chi connectivity index (χ4v) is 11.3. The number of rotatable bonds is 14. The van der Waals surface area contributed by atoms with Crippen molar-refractivity contribution in [1.29, 1.82) is 0 Å². The zero-order chi connectivity index (χ0) is 45.5. The number of benzene rings is 3. The van der Waals surface area contributed by atoms with Crippen LogP contribution in [0.25, 0.3) is 0 Å². The number of hydrogen-bond acceptors (Lipinski definition) is 16. The van der Waals surface area contributed by atoms with E-state index < -0.39 is 89.4 Å². The van der Waals surface area contributed by atoms with Gasteiger partial charge in [0.25, 0.3) is 0 Å². The number of ether oxygens (including phenoxy) is 3. The van der Waals surface area contributed by atoms with Crippen LogP contribution in [-0.2, 0) is 14.2 Å². The van der Waals surface area contributed by atoms with Crippen molar-refractivity contribution in [3.8, 4) is 0 Å². The molecule has 18 atom stereocenters. The third-order valence-corrected chi connectivity index (χ3v) is 14.4. The molecule has 0 radical (unpaired) electrons. The lowest BCUT2D eigenvalue weighted by Crippen LogP contribution is -2.62. The van der Waals surface area contributed by atoms with E-state index in [-0.39, 0.29) is 6.61 Å². The molecule has 0 aromatic heterocycles. The Hall–Kier alpha value is 0.210. The van der Waals surface area contributed by atoms with Gasteiger partial charge < -0.3 is 65.9 Å². The lowest BCUT2D eigenvalue weighted by molar-refractivity contribution is -0.170. The fraction of sp³-hybridized carbons (Fsp3) is 0.538. The molecule has 0 spiro atoms. The predicted molar refractivity (Wildman–Crippen MR) is 255 cm³/mol. The van der Waals surface area contributed by atoms with Crippen molar-refractivity contribution >= 4 is 85.6 Å². The fourth-order valence-electron chi connectivity index (χ4n) is 6.26. The van der Waals surface area contributed by atoms with Gasteiger partial charge in [-0.2, -0.15) is 0 Å². The largest absolute Gasteiger partial charge is 0.394 e. The van der Waals surface area contributed by atoms with E-state index in [9.17, 15) is 35.7 Å². The molecule has 13 nitrogen and oxygen atoms in total. The summed E-state index contributed by atoms with van der Waals surface area (Å²) < 4.78 is 41.9. The molecule has 0 bridgehead atoms. The van der Waals surface area contributed by atoms with Gasteiger partial charge in [-0.25, -0.2) is 0 Å². The van der Waals surface area contributed by atoms with Gasteiger partial charge in [0.05, 0.1) is 36.9 Å². The lowest BCUT2D eigenvalue weighted by atomic mass is 9.98. The van der Waals surface area contributed by atoms with E-state index in [0.29, 0.717) is 23.3 Å². The molecule has 3 heterocycles. The van der Waals surface area contributed by atoms with Crippen molar-refractivity contribution in [2.75, 3.05) is 29.9 Å². The molecule has 3 aliphatic rings. The number of thioether (sulfide) groups is 3. The average molecular weight is 1050 g/mol. The summed E-state index contributed by atoms with van der Waals surface area (Å²) in [5.41, 5.74) is -1.35. The van der Waals surface area contributed by atoms with Crippen molar-refractivity contribution < 1.29 is 54.2 Å². The SMILES string of the molecule is [3H]N(CP)C1[C@@H](O)[C@H](O)C(C)O[C@H]1Sc1ccccc1.[3H]N(CP)C1[C@@H](O)[C@H](O)C(CI)O[C@H]1Sc1ccccc1.[3H]N(CP)C1[C@@H](O)[C@H](O)C(CO)O[C@H]1Sc1ccccc1. The summed E-state index contributed by atoms with van der Waals surface area (Å²) in [6.07, 6.45) is -6.99. The Labute approximate surface area is 385 Å². The molecule has 3 fully saturated rings. The molecule has 20 heteroatoms. The van der Waals surface area contributed by atoms with Gasteiger partial charge in [-0.1, -0.05) is 112 Å². The maximum atomic E-state index is 10.4. The Morgan fingerprint density at radius 3 is 1.20 bits per heavy atom. The number of aliphatic hydroxyl groups is 7. The summed E-state index contributed by atoms with van der Waals surface area (Å²) in [6.45, 7) is 1.35. The van der Waals surface area contributed by atoms with E-state index in [2.05, 4.69) is 50.3 Å². The topological polar surface area (TPSA) is 205 Å². The first-order valence-electron chi connectivity index (χ1n) is 20.3. The standard InChI is InChI=1S/C13H19INO3PS.C13H20NO4PS.C13H20NO3PS/c14-6-9-11(16)12(17)10(15-7-19)13(18-9)20-8-4-2-1-3-5-8;15-6-9-11(16)12(17)10(14-7-19)13(18-9)20-8-4-2-1-3-5-8;1-8-11(15)12(16)10(14-7-18)13(17-8)19-9-5-3-2-4-6-9/h1-5,9-13,15-17H,6-7,19H2;1-5,9-17H,6-7,19H2;2-6,8,10-16H,7,18H2,1H3/t2*9?,10?,11-,12-,13+;8?,10?,11-,12-,13+/m111/s1/i/hT3. The zero-order valence-electron chi connectivity index (χ0n) is 35.4. The van der Waals surface area contributed by atoms with Crippen LogP contribution in [0.3, 0.4) is 0 Å². The second-order valence-electron chi connectivity index (χ2n) is 13.4. The molecule has 59 heavy (non-hydrogen) atoms. The molecule has 3 saturated heterocycles. The summed E-state index contributed by atoms with van der Waals surface area (Å²) in [7, 11) is 7.32. The summed E-state index contributed by atoms with van der Waals surface area (Å²) in [6, 6.07) is 27.1. The Balaban J connectivity index is 0.000000205. The number of aliphatic hydroxyl groups excluding tert-OH is 7. The molecule has 0 aliphatic carbocycles. The quantitative estimate of drug-likeness (QED) is 0.0641. The van der Waals surface area contributed by atoms with Gasteiger partial charge in [-0.05, 0) is 43.3 Å². The average Bonchev–Trinajstić information content (AvgIpc) is 3.29. The molecular formula is C39H59IN3O10P3S3. The molecule has 0 saturated carbocycles. The molecule has 9 unspecified atom stereocenters. The van der Waals surface area contributed by atoms with Gasteiger partial charge in [0, 0.05) is 38.0 Å². The van der Waals surface area contributed by atoms with Crippen LogP contribution >= 0.6 is 85.6 Å². The first-order valence-corrected chi connectivity index (χ1v) is 25.6. The third-order valence-electron chi connectivity index (χ3n) is 9.41. The molecule has 330 valence electrons. The highest BCUT2D eigenvalue weighted by atomic mass is 127. The number of hydrogen-bond donors (Lipinski definition) is 10. The first kappa shape index (κ1) is 47.2. The zero-order valence-corrected chi connectivity index (χ0v) is 40.5. The molecule has 0 amide bonds. The van der Waals surface area contributed by atoms with Crippen LogP contribution < -0.4 is 15.9 Å². The van der Waals surface area contributed by atoms with Crippen LogP contribution in [0.15, 0.2) is 106 Å². The second-order valence-corrected chi connectivity index (χ2v) is 18.9. The van der Waals surface area contributed by atoms with Gasteiger partial charge in [0.15, 0.2) is 0 Å². The van der Waals surface area contributed by atoms with Gasteiger partial charge in [-0.15, -0.1) is 27.7 Å². The smallest absolute Gasteiger partial charge is 0.126 e. The highest BCUT2D eigenvalue weighted by molar-refractivity contribution is 14.1. The minimum Gasteiger partial charge on any atom is -0.394 e. The molecule has 6 rings (SSSR count). The van der Waals surface area contributed by atoms with E-state index in [1.807, 2.05) is 91.0 Å². The normalized spacial score (nSPS) is 35.4.